The topological polar surface area (TPSA) is 23.8 Å². The van der Waals surface area contributed by atoms with Gasteiger partial charge in [0.15, 0.2) is 0 Å². The number of hydrogen-bond donors (Lipinski definition) is 0. The lowest BCUT2D eigenvalue weighted by Gasteiger charge is -2.24. The van der Waals surface area contributed by atoms with Gasteiger partial charge in [0.25, 0.3) is 0 Å². The van der Waals surface area contributed by atoms with E-state index in [0.29, 0.717) is 0 Å². The maximum atomic E-state index is 9.51. The van der Waals surface area contributed by atoms with Gasteiger partial charge >= 0.3 is 0 Å². The fraction of sp³-hybridized carbons (Fsp3) is 0.500. The fourth-order valence-electron chi connectivity index (χ4n) is 2.29. The molecule has 0 atom stereocenters. The zero-order valence-electron chi connectivity index (χ0n) is 9.79. The summed E-state index contributed by atoms with van der Waals surface area (Å²) in [4.78, 5) is 1.20. The molecular formula is C14H16BrNS. The normalized spacial score (nSPS) is 19.3. The Morgan fingerprint density at radius 3 is 2.47 bits per heavy atom. The van der Waals surface area contributed by atoms with E-state index in [1.807, 2.05) is 12.1 Å². The van der Waals surface area contributed by atoms with Crippen LogP contribution in [-0.2, 0) is 0 Å². The lowest BCUT2D eigenvalue weighted by atomic mass is 10.0. The van der Waals surface area contributed by atoms with Crippen LogP contribution >= 0.6 is 27.7 Å². The Balaban J connectivity index is 2.16. The highest BCUT2D eigenvalue weighted by molar-refractivity contribution is 9.10. The first-order valence-corrected chi connectivity index (χ1v) is 7.71. The Morgan fingerprint density at radius 2 is 1.88 bits per heavy atom. The molecule has 0 aliphatic heterocycles. The van der Waals surface area contributed by atoms with E-state index in [9.17, 15) is 5.26 Å². The molecule has 0 unspecified atom stereocenters. The second-order valence-electron chi connectivity index (χ2n) is 4.58. The Kier molecular flexibility index (Phi) is 4.53. The van der Waals surface area contributed by atoms with Crippen LogP contribution in [0.15, 0.2) is 33.6 Å². The average Bonchev–Trinajstić information content (AvgIpc) is 2.55. The van der Waals surface area contributed by atoms with Crippen LogP contribution in [0.4, 0.5) is 0 Å². The summed E-state index contributed by atoms with van der Waals surface area (Å²) in [5.41, 5.74) is 0. The molecule has 1 nitrogen and oxygen atoms in total. The molecule has 1 aromatic carbocycles. The molecule has 1 saturated carbocycles. The van der Waals surface area contributed by atoms with Crippen LogP contribution in [0, 0.1) is 11.3 Å². The summed E-state index contributed by atoms with van der Waals surface area (Å²) in [5, 5.41) is 9.51. The van der Waals surface area contributed by atoms with E-state index in [1.165, 1.54) is 30.6 Å². The molecule has 0 bridgehead atoms. The molecule has 0 N–H and O–H groups in total. The molecule has 2 rings (SSSR count). The lowest BCUT2D eigenvalue weighted by Crippen LogP contribution is -2.20. The third-order valence-electron chi connectivity index (χ3n) is 3.22. The van der Waals surface area contributed by atoms with Gasteiger partial charge in [-0.25, -0.2) is 0 Å². The van der Waals surface area contributed by atoms with Crippen molar-refractivity contribution in [3.63, 3.8) is 0 Å². The highest BCUT2D eigenvalue weighted by Crippen LogP contribution is 2.42. The quantitative estimate of drug-likeness (QED) is 0.705. The molecule has 3 heteroatoms. The molecule has 0 heterocycles. The van der Waals surface area contributed by atoms with Crippen LogP contribution < -0.4 is 0 Å². The van der Waals surface area contributed by atoms with Gasteiger partial charge in [0.05, 0.1) is 6.07 Å². The molecule has 1 aliphatic rings. The molecule has 90 valence electrons. The summed E-state index contributed by atoms with van der Waals surface area (Å²) in [6, 6.07) is 10.8. The molecule has 0 aromatic heterocycles. The maximum absolute atomic E-state index is 9.51. The first-order chi connectivity index (χ1) is 8.24. The second kappa shape index (κ2) is 5.93. The molecule has 0 amide bonds. The van der Waals surface area contributed by atoms with Crippen molar-refractivity contribution < 1.29 is 0 Å². The Hall–Kier alpha value is -0.460. The van der Waals surface area contributed by atoms with Crippen molar-refractivity contribution in [3.05, 3.63) is 28.7 Å². The van der Waals surface area contributed by atoms with Gasteiger partial charge in [-0.15, -0.1) is 11.8 Å². The molecule has 1 fully saturated rings. The number of halogens is 1. The molecule has 0 saturated heterocycles. The molecule has 1 aliphatic carbocycles. The van der Waals surface area contributed by atoms with Crippen molar-refractivity contribution in [3.8, 4) is 6.07 Å². The van der Waals surface area contributed by atoms with E-state index in [1.54, 1.807) is 11.8 Å². The van der Waals surface area contributed by atoms with Crippen LogP contribution in [0.2, 0.25) is 0 Å². The Bertz CT molecular complexity index is 416. The standard InChI is InChI=1S/C14H16BrNS/c15-12-6-5-7-13(10-12)17-14(11-16)8-3-1-2-4-9-14/h5-7,10H,1-4,8-9H2. The van der Waals surface area contributed by atoms with E-state index in [0.717, 1.165) is 17.3 Å². The van der Waals surface area contributed by atoms with Gasteiger partial charge in [0, 0.05) is 9.37 Å². The van der Waals surface area contributed by atoms with Gasteiger partial charge < -0.3 is 0 Å². The van der Waals surface area contributed by atoms with Gasteiger partial charge in [0.2, 0.25) is 0 Å². The summed E-state index contributed by atoms with van der Waals surface area (Å²) in [6.07, 6.45) is 7.00. The van der Waals surface area contributed by atoms with Crippen molar-refractivity contribution in [2.24, 2.45) is 0 Å². The summed E-state index contributed by atoms with van der Waals surface area (Å²) in [7, 11) is 0. The van der Waals surface area contributed by atoms with Crippen molar-refractivity contribution in [2.45, 2.75) is 48.2 Å². The monoisotopic (exact) mass is 309 g/mol. The summed E-state index contributed by atoms with van der Waals surface area (Å²) < 4.78 is 0.890. The van der Waals surface area contributed by atoms with Crippen molar-refractivity contribution >= 4 is 27.7 Å². The average molecular weight is 310 g/mol. The number of rotatable bonds is 2. The number of benzene rings is 1. The van der Waals surface area contributed by atoms with Gasteiger partial charge in [-0.05, 0) is 31.0 Å². The first-order valence-electron chi connectivity index (χ1n) is 6.10. The minimum absolute atomic E-state index is 0.197. The van der Waals surface area contributed by atoms with Crippen LogP contribution in [0.3, 0.4) is 0 Å². The lowest BCUT2D eigenvalue weighted by molar-refractivity contribution is 0.618. The summed E-state index contributed by atoms with van der Waals surface area (Å²) in [5.74, 6) is 0. The molecule has 17 heavy (non-hydrogen) atoms. The van der Waals surface area contributed by atoms with Gasteiger partial charge in [-0.1, -0.05) is 47.7 Å². The first kappa shape index (κ1) is 13.0. The number of thioether (sulfide) groups is 1. The van der Waals surface area contributed by atoms with Gasteiger partial charge in [-0.2, -0.15) is 5.26 Å². The Labute approximate surface area is 116 Å². The van der Waals surface area contributed by atoms with Crippen LogP contribution in [0.25, 0.3) is 0 Å². The van der Waals surface area contributed by atoms with E-state index in [4.69, 9.17) is 0 Å². The number of hydrogen-bond acceptors (Lipinski definition) is 2. The minimum Gasteiger partial charge on any atom is -0.197 e. The van der Waals surface area contributed by atoms with Crippen molar-refractivity contribution in [1.29, 1.82) is 5.26 Å². The Morgan fingerprint density at radius 1 is 1.18 bits per heavy atom. The maximum Gasteiger partial charge on any atom is 0.107 e. The van der Waals surface area contributed by atoms with Crippen molar-refractivity contribution in [1.82, 2.24) is 0 Å². The largest absolute Gasteiger partial charge is 0.197 e. The van der Waals surface area contributed by atoms with E-state index < -0.39 is 0 Å². The van der Waals surface area contributed by atoms with E-state index in [2.05, 4.69) is 34.1 Å². The van der Waals surface area contributed by atoms with Crippen LogP contribution in [-0.4, -0.2) is 4.75 Å². The third-order valence-corrected chi connectivity index (χ3v) is 5.10. The summed E-state index contributed by atoms with van der Waals surface area (Å²) >= 11 is 5.23. The van der Waals surface area contributed by atoms with Gasteiger partial charge in [-0.3, -0.25) is 0 Å². The van der Waals surface area contributed by atoms with Gasteiger partial charge in [0.1, 0.15) is 4.75 Å². The zero-order valence-corrected chi connectivity index (χ0v) is 12.2. The molecule has 0 radical (unpaired) electrons. The number of nitrogens with zero attached hydrogens (tertiary/aromatic N) is 1. The van der Waals surface area contributed by atoms with Crippen LogP contribution in [0.5, 0.6) is 0 Å². The molecular weight excluding hydrogens is 294 g/mol. The van der Waals surface area contributed by atoms with E-state index in [-0.39, 0.29) is 4.75 Å². The predicted molar refractivity (Wildman–Crippen MR) is 76.0 cm³/mol. The van der Waals surface area contributed by atoms with Crippen LogP contribution in [0.1, 0.15) is 38.5 Å². The number of nitriles is 1. The van der Waals surface area contributed by atoms with Crippen molar-refractivity contribution in [2.75, 3.05) is 0 Å². The zero-order chi connectivity index (χ0) is 12.1. The SMILES string of the molecule is N#CC1(Sc2cccc(Br)c2)CCCCCC1. The minimum atomic E-state index is -0.197. The smallest absolute Gasteiger partial charge is 0.107 e. The highest BCUT2D eigenvalue weighted by atomic mass is 79.9. The predicted octanol–water partition coefficient (Wildman–Crippen LogP) is 5.16. The van der Waals surface area contributed by atoms with E-state index >= 15 is 0 Å². The third kappa shape index (κ3) is 3.50. The highest BCUT2D eigenvalue weighted by Gasteiger charge is 2.32. The summed E-state index contributed by atoms with van der Waals surface area (Å²) in [6.45, 7) is 0. The molecule has 0 spiro atoms. The second-order valence-corrected chi connectivity index (χ2v) is 6.95. The fourth-order valence-corrected chi connectivity index (χ4v) is 4.17. The molecule has 1 aromatic rings.